The molecule has 2 unspecified atom stereocenters. The van der Waals surface area contributed by atoms with Gasteiger partial charge in [-0.15, -0.1) is 11.8 Å². The van der Waals surface area contributed by atoms with Crippen molar-refractivity contribution in [1.29, 1.82) is 0 Å². The molecular formula is C14H15Cl2NO3S. The molecular weight excluding hydrogens is 333 g/mol. The van der Waals surface area contributed by atoms with Crippen LogP contribution in [-0.2, 0) is 4.79 Å². The number of aliphatic carboxylic acids is 1. The summed E-state index contributed by atoms with van der Waals surface area (Å²) in [5.41, 5.74) is 0.177. The number of carbonyl (C=O) groups is 2. The van der Waals surface area contributed by atoms with E-state index >= 15 is 0 Å². The predicted molar refractivity (Wildman–Crippen MR) is 85.2 cm³/mol. The van der Waals surface area contributed by atoms with Crippen LogP contribution >= 0.6 is 35.0 Å². The number of benzene rings is 1. The molecule has 1 aliphatic rings. The van der Waals surface area contributed by atoms with Crippen molar-refractivity contribution in [2.45, 2.75) is 31.2 Å². The van der Waals surface area contributed by atoms with Gasteiger partial charge in [-0.05, 0) is 18.6 Å². The molecule has 0 spiro atoms. The number of carbonyl (C=O) groups excluding carboxylic acids is 1. The van der Waals surface area contributed by atoms with Crippen LogP contribution in [0.4, 0.5) is 0 Å². The van der Waals surface area contributed by atoms with Crippen LogP contribution < -0.4 is 0 Å². The molecule has 2 rings (SSSR count). The molecule has 1 N–H and O–H groups in total. The Bertz CT molecular complexity index is 547. The predicted octanol–water partition coefficient (Wildman–Crippen LogP) is 3.76. The summed E-state index contributed by atoms with van der Waals surface area (Å²) in [5.74, 6) is -1.03. The number of thioether (sulfide) groups is 1. The van der Waals surface area contributed by atoms with Gasteiger partial charge in [0.1, 0.15) is 6.04 Å². The normalized spacial score (nSPS) is 21.6. The van der Waals surface area contributed by atoms with Crippen LogP contribution in [0.5, 0.6) is 0 Å². The third-order valence-electron chi connectivity index (χ3n) is 3.32. The van der Waals surface area contributed by atoms with Crippen LogP contribution in [0.3, 0.4) is 0 Å². The zero-order chi connectivity index (χ0) is 15.6. The van der Waals surface area contributed by atoms with Crippen LogP contribution in [0.25, 0.3) is 0 Å². The molecule has 1 aromatic rings. The fourth-order valence-electron chi connectivity index (χ4n) is 2.33. The largest absolute Gasteiger partial charge is 0.480 e. The summed E-state index contributed by atoms with van der Waals surface area (Å²) in [7, 11) is 0. The average molecular weight is 348 g/mol. The minimum atomic E-state index is -1.00. The smallest absolute Gasteiger partial charge is 0.327 e. The summed E-state index contributed by atoms with van der Waals surface area (Å²) in [4.78, 5) is 25.6. The molecule has 1 aliphatic heterocycles. The van der Waals surface area contributed by atoms with E-state index in [9.17, 15) is 14.7 Å². The first-order chi connectivity index (χ1) is 9.97. The van der Waals surface area contributed by atoms with E-state index in [1.54, 1.807) is 18.2 Å². The fourth-order valence-corrected chi connectivity index (χ4v) is 4.40. The van der Waals surface area contributed by atoms with Gasteiger partial charge in [0, 0.05) is 5.75 Å². The number of rotatable bonds is 4. The van der Waals surface area contributed by atoms with Gasteiger partial charge in [-0.3, -0.25) is 4.79 Å². The molecule has 1 aromatic carbocycles. The zero-order valence-corrected chi connectivity index (χ0v) is 13.7. The molecule has 0 bridgehead atoms. The van der Waals surface area contributed by atoms with E-state index in [1.807, 2.05) is 6.92 Å². The minimum absolute atomic E-state index is 0.157. The molecule has 114 valence electrons. The highest BCUT2D eigenvalue weighted by Gasteiger charge is 2.42. The quantitative estimate of drug-likeness (QED) is 0.900. The van der Waals surface area contributed by atoms with Gasteiger partial charge >= 0.3 is 5.97 Å². The lowest BCUT2D eigenvalue weighted by Crippen LogP contribution is -2.45. The Labute approximate surface area is 137 Å². The lowest BCUT2D eigenvalue weighted by molar-refractivity contribution is -0.141. The van der Waals surface area contributed by atoms with Crippen LogP contribution in [0.15, 0.2) is 18.2 Å². The molecule has 1 fully saturated rings. The number of hydrogen-bond donors (Lipinski definition) is 1. The van der Waals surface area contributed by atoms with Gasteiger partial charge in [0.2, 0.25) is 0 Å². The number of hydrogen-bond acceptors (Lipinski definition) is 3. The van der Waals surface area contributed by atoms with Crippen molar-refractivity contribution in [3.63, 3.8) is 0 Å². The molecule has 21 heavy (non-hydrogen) atoms. The van der Waals surface area contributed by atoms with Crippen LogP contribution in [0, 0.1) is 0 Å². The summed E-state index contributed by atoms with van der Waals surface area (Å²) in [5, 5.41) is 9.65. The van der Waals surface area contributed by atoms with Crippen molar-refractivity contribution in [1.82, 2.24) is 4.90 Å². The monoisotopic (exact) mass is 347 g/mol. The van der Waals surface area contributed by atoms with E-state index in [4.69, 9.17) is 23.2 Å². The number of amides is 1. The lowest BCUT2D eigenvalue weighted by Gasteiger charge is -2.28. The van der Waals surface area contributed by atoms with Gasteiger partial charge in [0.15, 0.2) is 0 Å². The SMILES string of the molecule is CCCC1SCC(C(=O)O)N1C(=O)c1c(Cl)cccc1Cl. The molecule has 2 atom stereocenters. The highest BCUT2D eigenvalue weighted by molar-refractivity contribution is 8.00. The molecule has 1 saturated heterocycles. The lowest BCUT2D eigenvalue weighted by atomic mass is 10.1. The van der Waals surface area contributed by atoms with Gasteiger partial charge in [0.25, 0.3) is 5.91 Å². The second-order valence-electron chi connectivity index (χ2n) is 4.74. The molecule has 0 saturated carbocycles. The average Bonchev–Trinajstić information content (AvgIpc) is 2.82. The summed E-state index contributed by atoms with van der Waals surface area (Å²) >= 11 is 13.6. The van der Waals surface area contributed by atoms with Crippen molar-refractivity contribution >= 4 is 46.8 Å². The van der Waals surface area contributed by atoms with E-state index in [2.05, 4.69) is 0 Å². The van der Waals surface area contributed by atoms with Crippen molar-refractivity contribution in [2.24, 2.45) is 0 Å². The van der Waals surface area contributed by atoms with Crippen LogP contribution in [-0.4, -0.2) is 39.1 Å². The molecule has 7 heteroatoms. The van der Waals surface area contributed by atoms with E-state index < -0.39 is 17.9 Å². The van der Waals surface area contributed by atoms with Gasteiger partial charge in [-0.25, -0.2) is 4.79 Å². The van der Waals surface area contributed by atoms with Crippen molar-refractivity contribution < 1.29 is 14.7 Å². The number of nitrogens with zero attached hydrogens (tertiary/aromatic N) is 1. The molecule has 0 radical (unpaired) electrons. The Morgan fingerprint density at radius 1 is 1.38 bits per heavy atom. The highest BCUT2D eigenvalue weighted by Crippen LogP contribution is 2.36. The maximum absolute atomic E-state index is 12.8. The third-order valence-corrected chi connectivity index (χ3v) is 5.31. The Hall–Kier alpha value is -0.910. The summed E-state index contributed by atoms with van der Waals surface area (Å²) in [6.07, 6.45) is 1.60. The Morgan fingerprint density at radius 3 is 2.52 bits per heavy atom. The third kappa shape index (κ3) is 3.30. The maximum atomic E-state index is 12.8. The van der Waals surface area contributed by atoms with E-state index in [-0.39, 0.29) is 21.0 Å². The Morgan fingerprint density at radius 2 is 2.00 bits per heavy atom. The number of carboxylic acids is 1. The Kier molecular flexibility index (Phi) is 5.41. The van der Waals surface area contributed by atoms with Crippen LogP contribution in [0.2, 0.25) is 10.0 Å². The van der Waals surface area contributed by atoms with Crippen molar-refractivity contribution in [2.75, 3.05) is 5.75 Å². The number of carboxylic acid groups (broad SMARTS) is 1. The summed E-state index contributed by atoms with van der Waals surface area (Å²) in [6.45, 7) is 2.00. The molecule has 1 amide bonds. The highest BCUT2D eigenvalue weighted by atomic mass is 35.5. The minimum Gasteiger partial charge on any atom is -0.480 e. The van der Waals surface area contributed by atoms with Crippen molar-refractivity contribution in [3.8, 4) is 0 Å². The first kappa shape index (κ1) is 16.5. The second kappa shape index (κ2) is 6.90. The standard InChI is InChI=1S/C14H15Cl2NO3S/c1-2-4-11-17(10(7-21-11)14(19)20)13(18)12-8(15)5-3-6-9(12)16/h3,5-6,10-11H,2,4,7H2,1H3,(H,19,20). The van der Waals surface area contributed by atoms with E-state index in [0.29, 0.717) is 5.75 Å². The molecule has 1 heterocycles. The maximum Gasteiger partial charge on any atom is 0.327 e. The first-order valence-electron chi connectivity index (χ1n) is 6.58. The van der Waals surface area contributed by atoms with E-state index in [0.717, 1.165) is 12.8 Å². The Balaban J connectivity index is 2.39. The first-order valence-corrected chi connectivity index (χ1v) is 8.39. The second-order valence-corrected chi connectivity index (χ2v) is 6.76. The topological polar surface area (TPSA) is 57.6 Å². The molecule has 0 aromatic heterocycles. The fraction of sp³-hybridized carbons (Fsp3) is 0.429. The van der Waals surface area contributed by atoms with Crippen molar-refractivity contribution in [3.05, 3.63) is 33.8 Å². The van der Waals surface area contributed by atoms with Crippen LogP contribution in [0.1, 0.15) is 30.1 Å². The molecule has 0 aliphatic carbocycles. The van der Waals surface area contributed by atoms with Gasteiger partial charge < -0.3 is 10.0 Å². The number of halogens is 2. The summed E-state index contributed by atoms with van der Waals surface area (Å²) < 4.78 is 0. The summed E-state index contributed by atoms with van der Waals surface area (Å²) in [6, 6.07) is 3.97. The zero-order valence-electron chi connectivity index (χ0n) is 11.4. The van der Waals surface area contributed by atoms with Gasteiger partial charge in [-0.1, -0.05) is 42.6 Å². The van der Waals surface area contributed by atoms with Gasteiger partial charge in [-0.2, -0.15) is 0 Å². The van der Waals surface area contributed by atoms with E-state index in [1.165, 1.54) is 16.7 Å². The molecule has 4 nitrogen and oxygen atoms in total. The van der Waals surface area contributed by atoms with Gasteiger partial charge in [0.05, 0.1) is 21.0 Å².